The van der Waals surface area contributed by atoms with E-state index in [-0.39, 0.29) is 6.23 Å². The van der Waals surface area contributed by atoms with Crippen molar-refractivity contribution in [2.45, 2.75) is 19.6 Å². The van der Waals surface area contributed by atoms with Gasteiger partial charge in [-0.1, -0.05) is 6.92 Å². The van der Waals surface area contributed by atoms with Crippen LogP contribution in [0.5, 0.6) is 0 Å². The number of hydrogen-bond acceptors (Lipinski definition) is 5. The lowest BCUT2D eigenvalue weighted by atomic mass is 10.4. The SMILES string of the molecule is CCCN([SiH3])CC(OC)N(OC)OC. The molecule has 1 atom stereocenters. The monoisotopic (exact) mass is 222 g/mol. The van der Waals surface area contributed by atoms with Crippen LogP contribution in [0.1, 0.15) is 13.3 Å². The molecule has 0 bridgehead atoms. The summed E-state index contributed by atoms with van der Waals surface area (Å²) in [5.74, 6) is 0. The summed E-state index contributed by atoms with van der Waals surface area (Å²) in [6.45, 7) is 4.06. The summed E-state index contributed by atoms with van der Waals surface area (Å²) in [4.78, 5) is 10.0. The average molecular weight is 222 g/mol. The number of nitrogens with zero attached hydrogens (tertiary/aromatic N) is 2. The van der Waals surface area contributed by atoms with E-state index in [2.05, 4.69) is 11.5 Å². The van der Waals surface area contributed by atoms with E-state index in [4.69, 9.17) is 14.4 Å². The van der Waals surface area contributed by atoms with Gasteiger partial charge in [0, 0.05) is 13.7 Å². The second kappa shape index (κ2) is 8.34. The van der Waals surface area contributed by atoms with Crippen LogP contribution in [0.3, 0.4) is 0 Å². The zero-order chi connectivity index (χ0) is 11.0. The predicted molar refractivity (Wildman–Crippen MR) is 58.5 cm³/mol. The Labute approximate surface area is 89.3 Å². The third-order valence-electron chi connectivity index (χ3n) is 1.94. The van der Waals surface area contributed by atoms with E-state index < -0.39 is 0 Å². The number of methoxy groups -OCH3 is 1. The lowest BCUT2D eigenvalue weighted by Gasteiger charge is -2.29. The van der Waals surface area contributed by atoms with E-state index in [1.165, 1.54) is 5.23 Å². The first-order valence-corrected chi connectivity index (χ1v) is 5.67. The molecule has 0 amide bonds. The molecule has 0 saturated heterocycles. The van der Waals surface area contributed by atoms with Gasteiger partial charge in [0.1, 0.15) is 0 Å². The van der Waals surface area contributed by atoms with Crippen molar-refractivity contribution in [2.75, 3.05) is 34.4 Å². The van der Waals surface area contributed by atoms with Crippen LogP contribution in [0.25, 0.3) is 0 Å². The molecular formula is C8H22N2O3Si. The van der Waals surface area contributed by atoms with Crippen molar-refractivity contribution in [3.8, 4) is 0 Å². The topological polar surface area (TPSA) is 34.2 Å². The van der Waals surface area contributed by atoms with E-state index in [0.717, 1.165) is 29.9 Å². The van der Waals surface area contributed by atoms with Crippen LogP contribution in [-0.2, 0) is 14.4 Å². The first-order chi connectivity index (χ1) is 6.69. The van der Waals surface area contributed by atoms with Gasteiger partial charge in [-0.25, -0.2) is 0 Å². The number of ether oxygens (including phenoxy) is 1. The fourth-order valence-corrected chi connectivity index (χ4v) is 2.04. The highest BCUT2D eigenvalue weighted by Gasteiger charge is 2.19. The minimum absolute atomic E-state index is 0.172. The maximum absolute atomic E-state index is 5.27. The molecule has 5 nitrogen and oxygen atoms in total. The Kier molecular flexibility index (Phi) is 8.35. The zero-order valence-corrected chi connectivity index (χ0v) is 11.8. The van der Waals surface area contributed by atoms with Crippen molar-refractivity contribution < 1.29 is 14.4 Å². The molecule has 86 valence electrons. The van der Waals surface area contributed by atoms with E-state index in [1.807, 2.05) is 0 Å². The van der Waals surface area contributed by atoms with E-state index in [1.54, 1.807) is 21.3 Å². The molecule has 0 fully saturated rings. The molecule has 14 heavy (non-hydrogen) atoms. The highest BCUT2D eigenvalue weighted by Crippen LogP contribution is 2.02. The predicted octanol–water partition coefficient (Wildman–Crippen LogP) is -0.624. The Bertz CT molecular complexity index is 136. The van der Waals surface area contributed by atoms with E-state index in [9.17, 15) is 0 Å². The van der Waals surface area contributed by atoms with Crippen molar-refractivity contribution in [1.29, 1.82) is 0 Å². The molecule has 0 radical (unpaired) electrons. The van der Waals surface area contributed by atoms with Gasteiger partial charge < -0.3 is 9.30 Å². The fourth-order valence-electron chi connectivity index (χ4n) is 1.28. The largest absolute Gasteiger partial charge is 0.360 e. The Balaban J connectivity index is 3.98. The maximum atomic E-state index is 5.27. The molecule has 0 rings (SSSR count). The highest BCUT2D eigenvalue weighted by atomic mass is 28.2. The first-order valence-electron chi connectivity index (χ1n) is 4.78. The second-order valence-electron chi connectivity index (χ2n) is 3.10. The molecule has 1 unspecified atom stereocenters. The van der Waals surface area contributed by atoms with Gasteiger partial charge in [0.2, 0.25) is 0 Å². The van der Waals surface area contributed by atoms with Gasteiger partial charge in [0.15, 0.2) is 6.23 Å². The van der Waals surface area contributed by atoms with Gasteiger partial charge in [-0.3, -0.25) is 9.68 Å². The molecule has 0 aromatic rings. The van der Waals surface area contributed by atoms with Crippen LogP contribution in [0.2, 0.25) is 0 Å². The van der Waals surface area contributed by atoms with E-state index >= 15 is 0 Å². The van der Waals surface area contributed by atoms with Crippen LogP contribution in [0.4, 0.5) is 0 Å². The van der Waals surface area contributed by atoms with Crippen molar-refractivity contribution in [2.24, 2.45) is 0 Å². The molecule has 0 aromatic heterocycles. The summed E-state index contributed by atoms with van der Waals surface area (Å²) in [5, 5.41) is 1.36. The van der Waals surface area contributed by atoms with Gasteiger partial charge in [-0.2, -0.15) is 0 Å². The van der Waals surface area contributed by atoms with Crippen LogP contribution >= 0.6 is 0 Å². The molecule has 0 heterocycles. The smallest absolute Gasteiger partial charge is 0.171 e. The number of hydrogen-bond donors (Lipinski definition) is 0. The standard InChI is InChI=1S/C8H22N2O3Si/c1-5-6-9(14)7-8(11-2)10(12-3)13-4/h8H,5-7H2,1-4,14H3. The first kappa shape index (κ1) is 14.0. The number of hydroxylamine groups is 2. The van der Waals surface area contributed by atoms with Gasteiger partial charge in [0.25, 0.3) is 0 Å². The highest BCUT2D eigenvalue weighted by molar-refractivity contribution is 6.04. The molecule has 0 aliphatic rings. The Morgan fingerprint density at radius 2 is 1.79 bits per heavy atom. The Hall–Kier alpha value is 0.0169. The fraction of sp³-hybridized carbons (Fsp3) is 1.00. The molecular weight excluding hydrogens is 200 g/mol. The third kappa shape index (κ3) is 5.04. The maximum Gasteiger partial charge on any atom is 0.171 e. The van der Waals surface area contributed by atoms with Crippen molar-refractivity contribution in [1.82, 2.24) is 9.79 Å². The summed E-state index contributed by atoms with van der Waals surface area (Å²) in [6.07, 6.45) is 0.981. The molecule has 0 saturated carbocycles. The van der Waals surface area contributed by atoms with Gasteiger partial charge >= 0.3 is 0 Å². The molecule has 6 heteroatoms. The minimum atomic E-state index is -0.172. The summed E-state index contributed by atoms with van der Waals surface area (Å²) >= 11 is 0. The van der Waals surface area contributed by atoms with Crippen molar-refractivity contribution in [3.05, 3.63) is 0 Å². The Morgan fingerprint density at radius 1 is 1.21 bits per heavy atom. The lowest BCUT2D eigenvalue weighted by molar-refractivity contribution is -0.400. The molecule has 0 aliphatic carbocycles. The summed E-state index contributed by atoms with van der Waals surface area (Å²) < 4.78 is 7.57. The van der Waals surface area contributed by atoms with Crippen LogP contribution in [-0.4, -0.2) is 60.8 Å². The Morgan fingerprint density at radius 3 is 2.14 bits per heavy atom. The third-order valence-corrected chi connectivity index (χ3v) is 2.75. The average Bonchev–Trinajstić information content (AvgIpc) is 2.18. The number of rotatable bonds is 8. The van der Waals surface area contributed by atoms with Crippen molar-refractivity contribution >= 4 is 10.4 Å². The van der Waals surface area contributed by atoms with E-state index in [0.29, 0.717) is 0 Å². The zero-order valence-electron chi connectivity index (χ0n) is 9.82. The molecule has 0 spiro atoms. The lowest BCUT2D eigenvalue weighted by Crippen LogP contribution is -2.43. The summed E-state index contributed by atoms with van der Waals surface area (Å²) in [5.41, 5.74) is 0. The van der Waals surface area contributed by atoms with Gasteiger partial charge in [-0.15, -0.1) is 0 Å². The van der Waals surface area contributed by atoms with Crippen LogP contribution in [0, 0.1) is 0 Å². The second-order valence-corrected chi connectivity index (χ2v) is 4.37. The molecule has 0 aliphatic heterocycles. The normalized spacial score (nSPS) is 14.1. The molecule has 0 N–H and O–H groups in total. The summed E-state index contributed by atoms with van der Waals surface area (Å²) in [7, 11) is 5.79. The van der Waals surface area contributed by atoms with Crippen LogP contribution < -0.4 is 0 Å². The van der Waals surface area contributed by atoms with Crippen molar-refractivity contribution in [3.63, 3.8) is 0 Å². The summed E-state index contributed by atoms with van der Waals surface area (Å²) in [6, 6.07) is 0. The van der Waals surface area contributed by atoms with Gasteiger partial charge in [0.05, 0.1) is 24.6 Å². The van der Waals surface area contributed by atoms with Crippen LogP contribution in [0.15, 0.2) is 0 Å². The van der Waals surface area contributed by atoms with Gasteiger partial charge in [-0.05, 0) is 18.2 Å². The minimum Gasteiger partial charge on any atom is -0.360 e. The quantitative estimate of drug-likeness (QED) is 0.310. The molecule has 0 aromatic carbocycles.